The molecule has 0 saturated carbocycles. The van der Waals surface area contributed by atoms with Crippen LogP contribution in [0.5, 0.6) is 0 Å². The highest BCUT2D eigenvalue weighted by Crippen LogP contribution is 2.23. The number of rotatable bonds is 1. The largest absolute Gasteiger partial charge is 0.0883 e. The summed E-state index contributed by atoms with van der Waals surface area (Å²) in [6, 6.07) is 0. The highest BCUT2D eigenvalue weighted by atomic mass is 14.1. The molecule has 0 aromatic heterocycles. The minimum atomic E-state index is 0.823. The van der Waals surface area contributed by atoms with E-state index in [9.17, 15) is 0 Å². The van der Waals surface area contributed by atoms with E-state index in [1.54, 1.807) is 0 Å². The average molecular weight is 152 g/mol. The molecule has 0 bridgehead atoms. The van der Waals surface area contributed by atoms with Crippen LogP contribution in [0.15, 0.2) is 12.2 Å². The second-order valence-corrected chi connectivity index (χ2v) is 3.83. The van der Waals surface area contributed by atoms with Gasteiger partial charge in [-0.3, -0.25) is 0 Å². The van der Waals surface area contributed by atoms with Gasteiger partial charge in [-0.05, 0) is 37.5 Å². The average Bonchev–Trinajstić information content (AvgIpc) is 1.98. The Balaban J connectivity index is 2.37. The third-order valence-electron chi connectivity index (χ3n) is 2.81. The summed E-state index contributed by atoms with van der Waals surface area (Å²) < 4.78 is 0. The van der Waals surface area contributed by atoms with E-state index in [1.165, 1.54) is 32.1 Å². The van der Waals surface area contributed by atoms with Gasteiger partial charge in [0.05, 0.1) is 0 Å². The highest BCUT2D eigenvalue weighted by Gasteiger charge is 2.09. The van der Waals surface area contributed by atoms with Gasteiger partial charge >= 0.3 is 0 Å². The van der Waals surface area contributed by atoms with Crippen LogP contribution in [-0.4, -0.2) is 0 Å². The van der Waals surface area contributed by atoms with Gasteiger partial charge in [0.15, 0.2) is 0 Å². The summed E-state index contributed by atoms with van der Waals surface area (Å²) >= 11 is 0. The van der Waals surface area contributed by atoms with Crippen LogP contribution in [0.2, 0.25) is 0 Å². The Labute approximate surface area is 70.7 Å². The van der Waals surface area contributed by atoms with Crippen LogP contribution in [0.4, 0.5) is 0 Å². The van der Waals surface area contributed by atoms with E-state index in [0.29, 0.717) is 0 Å². The van der Waals surface area contributed by atoms with Crippen molar-refractivity contribution in [2.75, 3.05) is 0 Å². The second kappa shape index (κ2) is 4.58. The molecule has 0 aromatic rings. The fourth-order valence-electron chi connectivity index (χ4n) is 1.81. The normalized spacial score (nSPS) is 35.8. The Morgan fingerprint density at radius 1 is 1.27 bits per heavy atom. The van der Waals surface area contributed by atoms with Gasteiger partial charge in [0.1, 0.15) is 0 Å². The summed E-state index contributed by atoms with van der Waals surface area (Å²) in [7, 11) is 0. The summed E-state index contributed by atoms with van der Waals surface area (Å²) in [5.74, 6) is 1.83. The zero-order valence-electron chi connectivity index (χ0n) is 7.84. The van der Waals surface area contributed by atoms with Crippen LogP contribution < -0.4 is 0 Å². The monoisotopic (exact) mass is 152 g/mol. The molecule has 0 spiro atoms. The fraction of sp³-hybridized carbons (Fsp3) is 0.818. The quantitative estimate of drug-likeness (QED) is 0.502. The second-order valence-electron chi connectivity index (χ2n) is 3.83. The van der Waals surface area contributed by atoms with E-state index in [4.69, 9.17) is 0 Å². The standard InChI is InChI=1S/C11H20/c1-3-11-7-5-4-6-10(2)8-9-11/h4,6,10-11H,3,5,7-9H2,1-2H3/b6-4-/t10-,11?/m0/s1. The molecule has 1 aliphatic rings. The molecule has 0 aliphatic heterocycles. The predicted molar refractivity (Wildman–Crippen MR) is 50.6 cm³/mol. The maximum Gasteiger partial charge on any atom is -0.0262 e. The molecule has 64 valence electrons. The number of allylic oxidation sites excluding steroid dienone is 2. The molecule has 1 aliphatic carbocycles. The molecule has 0 heteroatoms. The lowest BCUT2D eigenvalue weighted by Gasteiger charge is -2.17. The van der Waals surface area contributed by atoms with E-state index in [-0.39, 0.29) is 0 Å². The summed E-state index contributed by atoms with van der Waals surface area (Å²) in [5.41, 5.74) is 0. The molecule has 11 heavy (non-hydrogen) atoms. The molecule has 0 fully saturated rings. The summed E-state index contributed by atoms with van der Waals surface area (Å²) in [5, 5.41) is 0. The van der Waals surface area contributed by atoms with Gasteiger partial charge in [-0.25, -0.2) is 0 Å². The molecule has 0 N–H and O–H groups in total. The molecule has 0 aromatic carbocycles. The Morgan fingerprint density at radius 2 is 2.09 bits per heavy atom. The smallest absolute Gasteiger partial charge is 0.0262 e. The minimum Gasteiger partial charge on any atom is -0.0883 e. The van der Waals surface area contributed by atoms with Crippen molar-refractivity contribution in [3.05, 3.63) is 12.2 Å². The molecule has 0 saturated heterocycles. The first-order chi connectivity index (χ1) is 5.33. The molecule has 0 nitrogen and oxygen atoms in total. The van der Waals surface area contributed by atoms with Crippen LogP contribution in [0.25, 0.3) is 0 Å². The number of hydrogen-bond acceptors (Lipinski definition) is 0. The number of hydrogen-bond donors (Lipinski definition) is 0. The Hall–Kier alpha value is -0.260. The van der Waals surface area contributed by atoms with Gasteiger partial charge in [-0.1, -0.05) is 32.4 Å². The van der Waals surface area contributed by atoms with Crippen molar-refractivity contribution in [3.8, 4) is 0 Å². The first-order valence-corrected chi connectivity index (χ1v) is 4.99. The summed E-state index contributed by atoms with van der Waals surface area (Å²) in [6.45, 7) is 4.65. The third kappa shape index (κ3) is 3.09. The van der Waals surface area contributed by atoms with Crippen LogP contribution in [0.1, 0.15) is 46.0 Å². The van der Waals surface area contributed by atoms with Crippen LogP contribution >= 0.6 is 0 Å². The van der Waals surface area contributed by atoms with Crippen molar-refractivity contribution in [1.29, 1.82) is 0 Å². The molecule has 0 heterocycles. The SMILES string of the molecule is CCC1CC/C=C\[C@H](C)CC1. The van der Waals surface area contributed by atoms with Gasteiger partial charge in [0, 0.05) is 0 Å². The lowest BCUT2D eigenvalue weighted by Crippen LogP contribution is -2.03. The topological polar surface area (TPSA) is 0 Å². The maximum atomic E-state index is 2.38. The Kier molecular flexibility index (Phi) is 3.68. The lowest BCUT2D eigenvalue weighted by atomic mass is 9.88. The molecule has 1 rings (SSSR count). The van der Waals surface area contributed by atoms with Gasteiger partial charge in [0.25, 0.3) is 0 Å². The van der Waals surface area contributed by atoms with Crippen molar-refractivity contribution < 1.29 is 0 Å². The molecule has 1 unspecified atom stereocenters. The van der Waals surface area contributed by atoms with E-state index in [1.807, 2.05) is 0 Å². The van der Waals surface area contributed by atoms with Gasteiger partial charge < -0.3 is 0 Å². The zero-order chi connectivity index (χ0) is 8.10. The molecule has 0 amide bonds. The minimum absolute atomic E-state index is 0.823. The third-order valence-corrected chi connectivity index (χ3v) is 2.81. The van der Waals surface area contributed by atoms with Crippen molar-refractivity contribution in [3.63, 3.8) is 0 Å². The van der Waals surface area contributed by atoms with Gasteiger partial charge in [-0.15, -0.1) is 0 Å². The molecular formula is C11H20. The summed E-state index contributed by atoms with van der Waals surface area (Å²) in [6.07, 6.45) is 11.7. The van der Waals surface area contributed by atoms with Crippen LogP contribution in [0, 0.1) is 11.8 Å². The first kappa shape index (κ1) is 8.83. The fourth-order valence-corrected chi connectivity index (χ4v) is 1.81. The molecule has 0 radical (unpaired) electrons. The maximum absolute atomic E-state index is 2.38. The molecular weight excluding hydrogens is 132 g/mol. The van der Waals surface area contributed by atoms with Crippen molar-refractivity contribution >= 4 is 0 Å². The predicted octanol–water partition coefficient (Wildman–Crippen LogP) is 3.78. The van der Waals surface area contributed by atoms with Crippen molar-refractivity contribution in [2.24, 2.45) is 11.8 Å². The van der Waals surface area contributed by atoms with Gasteiger partial charge in [0.2, 0.25) is 0 Å². The van der Waals surface area contributed by atoms with E-state index >= 15 is 0 Å². The van der Waals surface area contributed by atoms with Crippen LogP contribution in [-0.2, 0) is 0 Å². The molecule has 2 atom stereocenters. The Morgan fingerprint density at radius 3 is 2.82 bits per heavy atom. The summed E-state index contributed by atoms with van der Waals surface area (Å²) in [4.78, 5) is 0. The zero-order valence-corrected chi connectivity index (χ0v) is 7.84. The van der Waals surface area contributed by atoms with E-state index < -0.39 is 0 Å². The van der Waals surface area contributed by atoms with Crippen LogP contribution in [0.3, 0.4) is 0 Å². The first-order valence-electron chi connectivity index (χ1n) is 4.99. The lowest BCUT2D eigenvalue weighted by molar-refractivity contribution is 0.396. The van der Waals surface area contributed by atoms with Crippen molar-refractivity contribution in [2.45, 2.75) is 46.0 Å². The van der Waals surface area contributed by atoms with Gasteiger partial charge in [-0.2, -0.15) is 0 Å². The van der Waals surface area contributed by atoms with E-state index in [0.717, 1.165) is 11.8 Å². The van der Waals surface area contributed by atoms with Crippen molar-refractivity contribution in [1.82, 2.24) is 0 Å². The van der Waals surface area contributed by atoms with E-state index in [2.05, 4.69) is 26.0 Å². The Bertz CT molecular complexity index is 124. The highest BCUT2D eigenvalue weighted by molar-refractivity contribution is 4.89.